The molecule has 0 radical (unpaired) electrons. The van der Waals surface area contributed by atoms with E-state index >= 15 is 0 Å². The van der Waals surface area contributed by atoms with Gasteiger partial charge in [-0.1, -0.05) is 48.5 Å². The largest absolute Gasteiger partial charge is 0.481 e. The van der Waals surface area contributed by atoms with Crippen molar-refractivity contribution >= 4 is 12.1 Å². The minimum Gasteiger partial charge on any atom is -0.481 e. The Hall–Kier alpha value is -3.34. The Bertz CT molecular complexity index is 1380. The maximum absolute atomic E-state index is 12.6. The molecule has 1 aliphatic rings. The summed E-state index contributed by atoms with van der Waals surface area (Å²) in [4.78, 5) is 24.5. The van der Waals surface area contributed by atoms with Crippen LogP contribution in [0, 0.1) is 0 Å². The van der Waals surface area contributed by atoms with Crippen LogP contribution in [-0.4, -0.2) is 214 Å². The number of carbonyl (C=O) groups excluding carboxylic acids is 1. The van der Waals surface area contributed by atoms with Crippen LogP contribution < -0.4 is 0 Å². The van der Waals surface area contributed by atoms with Gasteiger partial charge in [0.15, 0.2) is 0 Å². The number of carboxylic acid groups (broad SMARTS) is 1. The molecule has 18 nitrogen and oxygen atoms in total. The summed E-state index contributed by atoms with van der Waals surface area (Å²) in [7, 11) is 1.71. The van der Waals surface area contributed by atoms with E-state index in [4.69, 9.17) is 71.4 Å². The normalized spacial score (nSPS) is 12.1. The topological polar surface area (TPSA) is 187 Å². The first kappa shape index (κ1) is 54.0. The fourth-order valence-electron chi connectivity index (χ4n) is 5.90. The first-order chi connectivity index (χ1) is 31.1. The van der Waals surface area contributed by atoms with Gasteiger partial charge in [-0.25, -0.2) is 4.79 Å². The summed E-state index contributed by atoms with van der Waals surface area (Å²) in [6.45, 7) is 12.3. The molecule has 0 saturated heterocycles. The lowest BCUT2D eigenvalue weighted by Crippen LogP contribution is -2.32. The Balaban J connectivity index is 0.928. The molecule has 0 saturated carbocycles. The summed E-state index contributed by atoms with van der Waals surface area (Å²) in [5.41, 5.74) is 4.78. The molecule has 0 fully saturated rings. The van der Waals surface area contributed by atoms with Crippen molar-refractivity contribution in [2.24, 2.45) is 0 Å². The van der Waals surface area contributed by atoms with E-state index in [1.165, 1.54) is 27.2 Å². The van der Waals surface area contributed by atoms with Crippen LogP contribution in [-0.2, 0) is 71.1 Å². The number of hydrogen-bond acceptors (Lipinski definition) is 16. The third-order valence-electron chi connectivity index (χ3n) is 9.14. The second kappa shape index (κ2) is 38.0. The molecule has 0 unspecified atom stereocenters. The van der Waals surface area contributed by atoms with Gasteiger partial charge in [0.25, 0.3) is 0 Å². The van der Waals surface area contributed by atoms with Crippen LogP contribution in [0.4, 0.5) is 4.79 Å². The molecule has 18 heteroatoms. The molecule has 3 rings (SSSR count). The number of carbonyl (C=O) groups is 2. The molecular formula is C45H71NO17. The smallest absolute Gasteiger partial charge is 0.409 e. The standard InChI is InChI=1S/C45H71NO17/c1-46(45(49)63-38-43-41-8-4-2-6-39(41)40-7-3-5-9-42(40)43)11-13-51-15-17-53-19-21-55-23-25-57-27-29-59-31-33-61-35-37-62-36-34-60-32-30-58-28-26-56-24-22-54-20-18-52-16-14-50-12-10-44(47)48/h2-9,43H,10-38H2,1H3,(H,47,48). The third kappa shape index (κ3) is 26.9. The van der Waals surface area contributed by atoms with Gasteiger partial charge in [-0.3, -0.25) is 4.79 Å². The Morgan fingerprint density at radius 1 is 0.429 bits per heavy atom. The van der Waals surface area contributed by atoms with E-state index < -0.39 is 5.97 Å². The first-order valence-corrected chi connectivity index (χ1v) is 21.9. The van der Waals surface area contributed by atoms with Crippen molar-refractivity contribution in [2.75, 3.05) is 192 Å². The highest BCUT2D eigenvalue weighted by molar-refractivity contribution is 5.79. The predicted octanol–water partition coefficient (Wildman–Crippen LogP) is 3.56. The molecule has 1 N–H and O–H groups in total. The van der Waals surface area contributed by atoms with Gasteiger partial charge < -0.3 is 76.3 Å². The number of rotatable bonds is 44. The predicted molar refractivity (Wildman–Crippen MR) is 231 cm³/mol. The average Bonchev–Trinajstić information content (AvgIpc) is 3.61. The van der Waals surface area contributed by atoms with E-state index in [1.807, 2.05) is 24.3 Å². The fourth-order valence-corrected chi connectivity index (χ4v) is 5.90. The Morgan fingerprint density at radius 2 is 0.698 bits per heavy atom. The van der Waals surface area contributed by atoms with Crippen LogP contribution in [0.3, 0.4) is 0 Å². The lowest BCUT2D eigenvalue weighted by atomic mass is 9.98. The van der Waals surface area contributed by atoms with Crippen LogP contribution >= 0.6 is 0 Å². The molecular weight excluding hydrogens is 826 g/mol. The highest BCUT2D eigenvalue weighted by atomic mass is 16.6. The highest BCUT2D eigenvalue weighted by Gasteiger charge is 2.29. The monoisotopic (exact) mass is 897 g/mol. The molecule has 2 aromatic rings. The van der Waals surface area contributed by atoms with E-state index in [-0.39, 0.29) is 25.0 Å². The quantitative estimate of drug-likeness (QED) is 0.0951. The first-order valence-electron chi connectivity index (χ1n) is 21.9. The molecule has 1 amide bonds. The molecule has 1 aliphatic carbocycles. The van der Waals surface area contributed by atoms with Crippen molar-refractivity contribution in [1.82, 2.24) is 4.90 Å². The van der Waals surface area contributed by atoms with Crippen molar-refractivity contribution in [1.29, 1.82) is 0 Å². The van der Waals surface area contributed by atoms with E-state index in [2.05, 4.69) is 24.3 Å². The van der Waals surface area contributed by atoms with E-state index in [0.29, 0.717) is 178 Å². The van der Waals surface area contributed by atoms with Crippen LogP contribution in [0.2, 0.25) is 0 Å². The Morgan fingerprint density at radius 3 is 1.00 bits per heavy atom. The molecule has 0 heterocycles. The van der Waals surface area contributed by atoms with E-state index in [0.717, 1.165) is 0 Å². The Labute approximate surface area is 372 Å². The molecule has 0 aromatic heterocycles. The molecule has 0 atom stereocenters. The number of carboxylic acids is 1. The minimum absolute atomic E-state index is 0.00827. The van der Waals surface area contributed by atoms with Crippen molar-refractivity contribution in [3.63, 3.8) is 0 Å². The second-order valence-corrected chi connectivity index (χ2v) is 13.8. The molecule has 0 spiro atoms. The summed E-state index contributed by atoms with van der Waals surface area (Å²) in [5.74, 6) is -0.847. The van der Waals surface area contributed by atoms with Gasteiger partial charge in [0, 0.05) is 19.5 Å². The lowest BCUT2D eigenvalue weighted by molar-refractivity contribution is -0.138. The van der Waals surface area contributed by atoms with Gasteiger partial charge >= 0.3 is 12.1 Å². The van der Waals surface area contributed by atoms with Gasteiger partial charge in [0.1, 0.15) is 6.61 Å². The van der Waals surface area contributed by atoms with Crippen LogP contribution in [0.15, 0.2) is 48.5 Å². The van der Waals surface area contributed by atoms with Crippen molar-refractivity contribution in [2.45, 2.75) is 12.3 Å². The zero-order valence-corrected chi connectivity index (χ0v) is 37.1. The van der Waals surface area contributed by atoms with Gasteiger partial charge in [-0.2, -0.15) is 0 Å². The number of benzene rings is 2. The number of ether oxygens (including phenoxy) is 14. The van der Waals surface area contributed by atoms with Crippen molar-refractivity contribution in [3.8, 4) is 11.1 Å². The van der Waals surface area contributed by atoms with Crippen molar-refractivity contribution < 1.29 is 81.0 Å². The van der Waals surface area contributed by atoms with E-state index in [9.17, 15) is 9.59 Å². The summed E-state index contributed by atoms with van der Waals surface area (Å²) in [6.07, 6.45) is -0.378. The SMILES string of the molecule is CN(CCOCCOCCOCCOCCOCCOCCOCCOCCOCCOCCOCCOCCOCCC(=O)O)C(=O)OCC1c2ccccc2-c2ccccc21. The van der Waals surface area contributed by atoms with Gasteiger partial charge in [0.2, 0.25) is 0 Å². The number of hydrogen-bond donors (Lipinski definition) is 1. The minimum atomic E-state index is -0.879. The average molecular weight is 898 g/mol. The zero-order chi connectivity index (χ0) is 44.7. The maximum atomic E-state index is 12.6. The maximum Gasteiger partial charge on any atom is 0.409 e. The molecule has 358 valence electrons. The van der Waals surface area contributed by atoms with Crippen molar-refractivity contribution in [3.05, 3.63) is 59.7 Å². The summed E-state index contributed by atoms with van der Waals surface area (Å²) < 4.78 is 76.7. The van der Waals surface area contributed by atoms with Gasteiger partial charge in [-0.05, 0) is 22.3 Å². The second-order valence-electron chi connectivity index (χ2n) is 13.8. The zero-order valence-electron chi connectivity index (χ0n) is 37.1. The van der Waals surface area contributed by atoms with Crippen LogP contribution in [0.25, 0.3) is 11.1 Å². The summed E-state index contributed by atoms with van der Waals surface area (Å²) in [6, 6.07) is 16.6. The molecule has 2 aromatic carbocycles. The van der Waals surface area contributed by atoms with Gasteiger partial charge in [-0.15, -0.1) is 0 Å². The molecule has 63 heavy (non-hydrogen) atoms. The lowest BCUT2D eigenvalue weighted by Gasteiger charge is -2.19. The van der Waals surface area contributed by atoms with Crippen LogP contribution in [0.5, 0.6) is 0 Å². The molecule has 0 bridgehead atoms. The fraction of sp³-hybridized carbons (Fsp3) is 0.689. The third-order valence-corrected chi connectivity index (χ3v) is 9.14. The highest BCUT2D eigenvalue weighted by Crippen LogP contribution is 2.44. The Kier molecular flexibility index (Phi) is 32.6. The number of fused-ring (bicyclic) bond motifs is 3. The summed E-state index contributed by atoms with van der Waals surface area (Å²) in [5, 5.41) is 8.51. The molecule has 0 aliphatic heterocycles. The van der Waals surface area contributed by atoms with E-state index in [1.54, 1.807) is 7.05 Å². The number of nitrogens with zero attached hydrogens (tertiary/aromatic N) is 1. The van der Waals surface area contributed by atoms with Crippen LogP contribution in [0.1, 0.15) is 23.5 Å². The summed E-state index contributed by atoms with van der Waals surface area (Å²) >= 11 is 0. The number of likely N-dealkylation sites (N-methyl/N-ethyl adjacent to an activating group) is 1. The number of aliphatic carboxylic acids is 1. The van der Waals surface area contributed by atoms with Gasteiger partial charge in [0.05, 0.1) is 178 Å². The number of amides is 1.